The largest absolute Gasteiger partial charge is 0.360 e. The molecular weight excluding hydrogens is 210 g/mol. The lowest BCUT2D eigenvalue weighted by atomic mass is 10.0. The van der Waals surface area contributed by atoms with Crippen molar-refractivity contribution in [3.05, 3.63) is 22.5 Å². The van der Waals surface area contributed by atoms with Crippen LogP contribution in [0.25, 0.3) is 0 Å². The average Bonchev–Trinajstić information content (AvgIpc) is 2.52. The summed E-state index contributed by atoms with van der Waals surface area (Å²) in [7, 11) is 8.49. The van der Waals surface area contributed by atoms with Gasteiger partial charge in [-0.05, 0) is 52.2 Å². The van der Waals surface area contributed by atoms with Gasteiger partial charge in [-0.25, -0.2) is 0 Å². The number of nitrogens with one attached hydrogen (secondary N) is 1. The Kier molecular flexibility index (Phi) is 5.22. The molecule has 0 bridgehead atoms. The summed E-state index contributed by atoms with van der Waals surface area (Å²) in [5.74, 6) is 0. The maximum absolute atomic E-state index is 3.63. The Hall–Kier alpha value is -0.800. The molecule has 1 aromatic heterocycles. The molecule has 0 atom stereocenters. The number of aromatic nitrogens is 1. The van der Waals surface area contributed by atoms with Crippen LogP contribution in [0.1, 0.15) is 36.4 Å². The minimum absolute atomic E-state index is 1.00. The topological polar surface area (TPSA) is 22.3 Å². The van der Waals surface area contributed by atoms with E-state index in [2.05, 4.69) is 56.8 Å². The molecular formula is C14H27N3. The summed E-state index contributed by atoms with van der Waals surface area (Å²) in [6, 6.07) is 0. The lowest BCUT2D eigenvalue weighted by Gasteiger charge is -2.10. The summed E-state index contributed by atoms with van der Waals surface area (Å²) in [4.78, 5) is 8.08. The Bertz CT molecular complexity index is 318. The van der Waals surface area contributed by atoms with Crippen LogP contribution in [-0.2, 0) is 25.9 Å². The van der Waals surface area contributed by atoms with Crippen LogP contribution in [0, 0.1) is 0 Å². The molecule has 0 aliphatic rings. The quantitative estimate of drug-likeness (QED) is 0.820. The number of rotatable bonds is 6. The minimum Gasteiger partial charge on any atom is -0.360 e. The van der Waals surface area contributed by atoms with E-state index >= 15 is 0 Å². The van der Waals surface area contributed by atoms with Gasteiger partial charge in [0.05, 0.1) is 0 Å². The summed E-state index contributed by atoms with van der Waals surface area (Å²) in [5.41, 5.74) is 5.84. The highest BCUT2D eigenvalue weighted by atomic mass is 15.1. The SMILES string of the molecule is CCc1c(CN(C)C)[nH]c(CN(C)C)c1CC. The number of nitrogens with zero attached hydrogens (tertiary/aromatic N) is 2. The first-order chi connectivity index (χ1) is 7.99. The van der Waals surface area contributed by atoms with E-state index in [4.69, 9.17) is 0 Å². The Morgan fingerprint density at radius 3 is 1.35 bits per heavy atom. The molecule has 0 saturated heterocycles. The average molecular weight is 237 g/mol. The molecule has 0 aliphatic carbocycles. The van der Waals surface area contributed by atoms with Gasteiger partial charge in [0.15, 0.2) is 0 Å². The van der Waals surface area contributed by atoms with Gasteiger partial charge in [-0.3, -0.25) is 0 Å². The Morgan fingerprint density at radius 1 is 0.765 bits per heavy atom. The summed E-state index contributed by atoms with van der Waals surface area (Å²) < 4.78 is 0. The second-order valence-electron chi connectivity index (χ2n) is 5.22. The van der Waals surface area contributed by atoms with E-state index in [-0.39, 0.29) is 0 Å². The zero-order valence-corrected chi connectivity index (χ0v) is 12.2. The predicted molar refractivity (Wildman–Crippen MR) is 74.3 cm³/mol. The lowest BCUT2D eigenvalue weighted by Crippen LogP contribution is -2.13. The minimum atomic E-state index is 1.00. The summed E-state index contributed by atoms with van der Waals surface area (Å²) in [6.45, 7) is 6.51. The van der Waals surface area contributed by atoms with Crippen molar-refractivity contribution in [1.29, 1.82) is 0 Å². The number of hydrogen-bond donors (Lipinski definition) is 1. The summed E-state index contributed by atoms with van der Waals surface area (Å²) >= 11 is 0. The van der Waals surface area contributed by atoms with Crippen LogP contribution in [0.4, 0.5) is 0 Å². The van der Waals surface area contributed by atoms with Crippen molar-refractivity contribution in [3.63, 3.8) is 0 Å². The molecule has 3 heteroatoms. The van der Waals surface area contributed by atoms with Crippen molar-refractivity contribution in [2.75, 3.05) is 28.2 Å². The van der Waals surface area contributed by atoms with E-state index in [1.54, 1.807) is 0 Å². The first-order valence-electron chi connectivity index (χ1n) is 6.50. The second kappa shape index (κ2) is 6.22. The Labute approximate surface area is 106 Å². The van der Waals surface area contributed by atoms with Crippen LogP contribution < -0.4 is 0 Å². The highest BCUT2D eigenvalue weighted by Crippen LogP contribution is 2.22. The van der Waals surface area contributed by atoms with E-state index in [1.807, 2.05) is 0 Å². The van der Waals surface area contributed by atoms with E-state index in [0.717, 1.165) is 25.9 Å². The van der Waals surface area contributed by atoms with Gasteiger partial charge in [-0.1, -0.05) is 13.8 Å². The van der Waals surface area contributed by atoms with Crippen LogP contribution in [0.3, 0.4) is 0 Å². The fourth-order valence-corrected chi connectivity index (χ4v) is 2.45. The van der Waals surface area contributed by atoms with E-state index < -0.39 is 0 Å². The summed E-state index contributed by atoms with van der Waals surface area (Å²) in [6.07, 6.45) is 2.24. The third-order valence-corrected chi connectivity index (χ3v) is 3.05. The second-order valence-corrected chi connectivity index (χ2v) is 5.22. The van der Waals surface area contributed by atoms with E-state index in [9.17, 15) is 0 Å². The smallest absolute Gasteiger partial charge is 0.0381 e. The third-order valence-electron chi connectivity index (χ3n) is 3.05. The highest BCUT2D eigenvalue weighted by Gasteiger charge is 2.15. The molecule has 3 nitrogen and oxygen atoms in total. The normalized spacial score (nSPS) is 11.8. The van der Waals surface area contributed by atoms with Gasteiger partial charge >= 0.3 is 0 Å². The van der Waals surface area contributed by atoms with E-state index in [0.29, 0.717) is 0 Å². The van der Waals surface area contributed by atoms with Gasteiger partial charge in [0.25, 0.3) is 0 Å². The molecule has 0 saturated carbocycles. The Morgan fingerprint density at radius 2 is 1.12 bits per heavy atom. The molecule has 1 N–H and O–H groups in total. The molecule has 0 fully saturated rings. The monoisotopic (exact) mass is 237 g/mol. The van der Waals surface area contributed by atoms with Gasteiger partial charge in [-0.15, -0.1) is 0 Å². The van der Waals surface area contributed by atoms with Crippen molar-refractivity contribution < 1.29 is 0 Å². The molecule has 1 rings (SSSR count). The molecule has 0 spiro atoms. The van der Waals surface area contributed by atoms with Crippen LogP contribution in [0.15, 0.2) is 0 Å². The van der Waals surface area contributed by atoms with Gasteiger partial charge in [0.1, 0.15) is 0 Å². The van der Waals surface area contributed by atoms with Crippen molar-refractivity contribution in [1.82, 2.24) is 14.8 Å². The Balaban J connectivity index is 3.09. The van der Waals surface area contributed by atoms with Crippen LogP contribution in [0.2, 0.25) is 0 Å². The van der Waals surface area contributed by atoms with Crippen molar-refractivity contribution in [2.24, 2.45) is 0 Å². The van der Waals surface area contributed by atoms with Crippen LogP contribution >= 0.6 is 0 Å². The molecule has 1 heterocycles. The van der Waals surface area contributed by atoms with E-state index in [1.165, 1.54) is 22.5 Å². The highest BCUT2D eigenvalue weighted by molar-refractivity contribution is 5.37. The number of hydrogen-bond acceptors (Lipinski definition) is 2. The lowest BCUT2D eigenvalue weighted by molar-refractivity contribution is 0.387. The number of H-pyrrole nitrogens is 1. The van der Waals surface area contributed by atoms with Gasteiger partial charge in [0.2, 0.25) is 0 Å². The third kappa shape index (κ3) is 3.58. The fourth-order valence-electron chi connectivity index (χ4n) is 2.45. The maximum Gasteiger partial charge on any atom is 0.0381 e. The molecule has 0 amide bonds. The summed E-state index contributed by atoms with van der Waals surface area (Å²) in [5, 5.41) is 0. The van der Waals surface area contributed by atoms with Crippen molar-refractivity contribution >= 4 is 0 Å². The molecule has 0 radical (unpaired) electrons. The zero-order valence-electron chi connectivity index (χ0n) is 12.2. The van der Waals surface area contributed by atoms with Crippen LogP contribution in [0.5, 0.6) is 0 Å². The molecule has 1 aromatic rings. The molecule has 0 unspecified atom stereocenters. The first-order valence-corrected chi connectivity index (χ1v) is 6.50. The van der Waals surface area contributed by atoms with Gasteiger partial charge in [0, 0.05) is 24.5 Å². The predicted octanol–water partition coefficient (Wildman–Crippen LogP) is 2.26. The van der Waals surface area contributed by atoms with Crippen LogP contribution in [-0.4, -0.2) is 43.0 Å². The maximum atomic E-state index is 3.63. The fraction of sp³-hybridized carbons (Fsp3) is 0.714. The van der Waals surface area contributed by atoms with Gasteiger partial charge in [-0.2, -0.15) is 0 Å². The standard InChI is InChI=1S/C14H27N3/c1-7-11-12(8-2)14(10-17(5)6)15-13(11)9-16(3)4/h15H,7-10H2,1-6H3. The molecule has 98 valence electrons. The molecule has 0 aliphatic heterocycles. The van der Waals surface area contributed by atoms with Crippen molar-refractivity contribution in [3.8, 4) is 0 Å². The van der Waals surface area contributed by atoms with Crippen molar-refractivity contribution in [2.45, 2.75) is 39.8 Å². The zero-order chi connectivity index (χ0) is 13.0. The van der Waals surface area contributed by atoms with Gasteiger partial charge < -0.3 is 14.8 Å². The first kappa shape index (κ1) is 14.3. The molecule has 0 aromatic carbocycles. The number of aromatic amines is 1. The molecule has 17 heavy (non-hydrogen) atoms.